The van der Waals surface area contributed by atoms with Gasteiger partial charge in [0.15, 0.2) is 0 Å². The van der Waals surface area contributed by atoms with E-state index < -0.39 is 0 Å². The molecule has 0 bridgehead atoms. The molecule has 5 rings (SSSR count). The molecule has 0 saturated heterocycles. The standard InChI is InChI=1S/C25H20FN5OS/c1-31-23-16(13-28-25(27)29-23)12-20(24(31)32)17-8-5-9-19-18(17)10-11-21(26)22(19)30-33-14-15-6-3-2-4-7-15/h2-13,30H,14H2,1H3,(H2,27,28,29). The summed E-state index contributed by atoms with van der Waals surface area (Å²) in [5.74, 6) is 0.440. The van der Waals surface area contributed by atoms with E-state index >= 15 is 0 Å². The number of rotatable bonds is 5. The monoisotopic (exact) mass is 457 g/mol. The molecule has 0 spiro atoms. The normalized spacial score (nSPS) is 11.2. The summed E-state index contributed by atoms with van der Waals surface area (Å²) >= 11 is 1.41. The minimum Gasteiger partial charge on any atom is -0.368 e. The first-order chi connectivity index (χ1) is 16.0. The van der Waals surface area contributed by atoms with Crippen LogP contribution >= 0.6 is 11.9 Å². The molecular formula is C25H20FN5OS. The van der Waals surface area contributed by atoms with E-state index in [-0.39, 0.29) is 17.3 Å². The fourth-order valence-corrected chi connectivity index (χ4v) is 4.67. The smallest absolute Gasteiger partial charge is 0.259 e. The molecule has 8 heteroatoms. The third kappa shape index (κ3) is 3.89. The first-order valence-electron chi connectivity index (χ1n) is 10.3. The number of nitrogens with zero attached hydrogens (tertiary/aromatic N) is 3. The number of nitrogens with one attached hydrogen (secondary N) is 1. The molecule has 0 saturated carbocycles. The van der Waals surface area contributed by atoms with Gasteiger partial charge in [-0.2, -0.15) is 4.98 Å². The van der Waals surface area contributed by atoms with Crippen LogP contribution in [0.1, 0.15) is 5.56 Å². The maximum atomic E-state index is 14.8. The molecule has 33 heavy (non-hydrogen) atoms. The maximum Gasteiger partial charge on any atom is 0.259 e. The van der Waals surface area contributed by atoms with Crippen LogP contribution in [-0.4, -0.2) is 14.5 Å². The van der Waals surface area contributed by atoms with E-state index in [2.05, 4.69) is 14.7 Å². The number of aromatic nitrogens is 3. The van der Waals surface area contributed by atoms with Gasteiger partial charge < -0.3 is 10.5 Å². The lowest BCUT2D eigenvalue weighted by atomic mass is 9.97. The molecule has 3 N–H and O–H groups in total. The van der Waals surface area contributed by atoms with Crippen LogP contribution in [0.25, 0.3) is 32.9 Å². The largest absolute Gasteiger partial charge is 0.368 e. The average Bonchev–Trinajstić information content (AvgIpc) is 2.83. The SMILES string of the molecule is Cn1c(=O)c(-c2cccc3c(NSCc4ccccc4)c(F)ccc23)cc2cnc(N)nc21. The fraction of sp³-hybridized carbons (Fsp3) is 0.0800. The molecule has 2 heterocycles. The van der Waals surface area contributed by atoms with Crippen LogP contribution in [0.15, 0.2) is 77.7 Å². The number of anilines is 2. The quantitative estimate of drug-likeness (QED) is 0.356. The van der Waals surface area contributed by atoms with Gasteiger partial charge in [0, 0.05) is 35.3 Å². The molecule has 0 radical (unpaired) electrons. The maximum absolute atomic E-state index is 14.8. The van der Waals surface area contributed by atoms with Crippen LogP contribution in [0.3, 0.4) is 0 Å². The van der Waals surface area contributed by atoms with Crippen LogP contribution in [-0.2, 0) is 12.8 Å². The van der Waals surface area contributed by atoms with Crippen molar-refractivity contribution < 1.29 is 4.39 Å². The summed E-state index contributed by atoms with van der Waals surface area (Å²) in [6.07, 6.45) is 1.60. The minimum absolute atomic E-state index is 0.106. The van der Waals surface area contributed by atoms with Crippen molar-refractivity contribution in [2.75, 3.05) is 10.5 Å². The van der Waals surface area contributed by atoms with E-state index in [1.165, 1.54) is 22.6 Å². The Balaban J connectivity index is 1.59. The van der Waals surface area contributed by atoms with Gasteiger partial charge in [0.05, 0.1) is 5.69 Å². The second kappa shape index (κ2) is 8.55. The van der Waals surface area contributed by atoms with Crippen LogP contribution in [0.4, 0.5) is 16.0 Å². The number of hydrogen-bond acceptors (Lipinski definition) is 6. The Morgan fingerprint density at radius 2 is 1.85 bits per heavy atom. The highest BCUT2D eigenvalue weighted by Gasteiger charge is 2.16. The lowest BCUT2D eigenvalue weighted by Gasteiger charge is -2.14. The van der Waals surface area contributed by atoms with Crippen molar-refractivity contribution in [3.63, 3.8) is 0 Å². The summed E-state index contributed by atoms with van der Waals surface area (Å²) < 4.78 is 19.4. The third-order valence-electron chi connectivity index (χ3n) is 5.52. The van der Waals surface area contributed by atoms with E-state index in [1.807, 2.05) is 48.5 Å². The predicted molar refractivity (Wildman–Crippen MR) is 133 cm³/mol. The van der Waals surface area contributed by atoms with Crippen LogP contribution in [0, 0.1) is 5.82 Å². The van der Waals surface area contributed by atoms with Gasteiger partial charge in [0.25, 0.3) is 5.56 Å². The van der Waals surface area contributed by atoms with Crippen molar-refractivity contribution >= 4 is 45.4 Å². The first-order valence-corrected chi connectivity index (χ1v) is 11.3. The Morgan fingerprint density at radius 1 is 1.03 bits per heavy atom. The summed E-state index contributed by atoms with van der Waals surface area (Å²) in [4.78, 5) is 21.4. The van der Waals surface area contributed by atoms with Gasteiger partial charge >= 0.3 is 0 Å². The van der Waals surface area contributed by atoms with Gasteiger partial charge in [-0.15, -0.1) is 0 Å². The molecule has 2 aromatic heterocycles. The van der Waals surface area contributed by atoms with Crippen molar-refractivity contribution in [1.82, 2.24) is 14.5 Å². The van der Waals surface area contributed by atoms with Gasteiger partial charge in [-0.3, -0.25) is 9.36 Å². The number of nitrogens with two attached hydrogens (primary N) is 1. The number of pyridine rings is 1. The molecular weight excluding hydrogens is 437 g/mol. The summed E-state index contributed by atoms with van der Waals surface area (Å²) in [5.41, 5.74) is 8.66. The van der Waals surface area contributed by atoms with Crippen molar-refractivity contribution in [2.45, 2.75) is 5.75 Å². The number of halogens is 1. The number of benzene rings is 3. The summed E-state index contributed by atoms with van der Waals surface area (Å²) in [5, 5.41) is 2.16. The molecule has 5 aromatic rings. The number of aryl methyl sites for hydroxylation is 1. The molecule has 0 aliphatic heterocycles. The molecule has 0 aliphatic rings. The van der Waals surface area contributed by atoms with Crippen molar-refractivity contribution in [3.8, 4) is 11.1 Å². The highest BCUT2D eigenvalue weighted by atomic mass is 32.2. The summed E-state index contributed by atoms with van der Waals surface area (Å²) in [6, 6.07) is 20.4. The zero-order valence-corrected chi connectivity index (χ0v) is 18.6. The highest BCUT2D eigenvalue weighted by molar-refractivity contribution is 7.99. The van der Waals surface area contributed by atoms with Gasteiger partial charge in [-0.25, -0.2) is 9.37 Å². The highest BCUT2D eigenvalue weighted by Crippen LogP contribution is 2.35. The molecule has 3 aromatic carbocycles. The van der Waals surface area contributed by atoms with Gasteiger partial charge in [-0.05, 0) is 40.6 Å². The Hall–Kier alpha value is -3.91. The number of nitrogen functional groups attached to an aromatic ring is 1. The summed E-state index contributed by atoms with van der Waals surface area (Å²) in [6.45, 7) is 0. The Bertz CT molecular complexity index is 1550. The molecule has 0 fully saturated rings. The second-order valence-corrected chi connectivity index (χ2v) is 8.41. The van der Waals surface area contributed by atoms with Crippen molar-refractivity contribution in [1.29, 1.82) is 0 Å². The molecule has 164 valence electrons. The average molecular weight is 458 g/mol. The van der Waals surface area contributed by atoms with Crippen LogP contribution in [0.5, 0.6) is 0 Å². The van der Waals surface area contributed by atoms with E-state index in [9.17, 15) is 9.18 Å². The van der Waals surface area contributed by atoms with Gasteiger partial charge in [0.1, 0.15) is 11.5 Å². The fourth-order valence-electron chi connectivity index (χ4n) is 3.89. The summed E-state index contributed by atoms with van der Waals surface area (Å²) in [7, 11) is 1.65. The Labute approximate surface area is 193 Å². The predicted octanol–water partition coefficient (Wildman–Crippen LogP) is 5.13. The van der Waals surface area contributed by atoms with Crippen molar-refractivity contribution in [3.05, 3.63) is 94.7 Å². The molecule has 0 amide bonds. The Kier molecular flexibility index (Phi) is 5.43. The minimum atomic E-state index is -0.351. The zero-order chi connectivity index (χ0) is 22.9. The molecule has 0 atom stereocenters. The van der Waals surface area contributed by atoms with Crippen LogP contribution < -0.4 is 16.0 Å². The molecule has 0 unspecified atom stereocenters. The number of fused-ring (bicyclic) bond motifs is 2. The number of hydrogen-bond donors (Lipinski definition) is 2. The van der Waals surface area contributed by atoms with Crippen molar-refractivity contribution in [2.24, 2.45) is 7.05 Å². The van der Waals surface area contributed by atoms with Gasteiger partial charge in [-0.1, -0.05) is 54.6 Å². The zero-order valence-electron chi connectivity index (χ0n) is 17.7. The lowest BCUT2D eigenvalue weighted by Crippen LogP contribution is -2.20. The van der Waals surface area contributed by atoms with Gasteiger partial charge in [0.2, 0.25) is 5.95 Å². The van der Waals surface area contributed by atoms with E-state index in [1.54, 1.807) is 25.4 Å². The van der Waals surface area contributed by atoms with Crippen LogP contribution in [0.2, 0.25) is 0 Å². The van der Waals surface area contributed by atoms with E-state index in [4.69, 9.17) is 5.73 Å². The first kappa shape index (κ1) is 21.0. The Morgan fingerprint density at radius 3 is 2.67 bits per heavy atom. The second-order valence-electron chi connectivity index (χ2n) is 7.63. The third-order valence-corrected chi connectivity index (χ3v) is 6.35. The van der Waals surface area contributed by atoms with E-state index in [0.717, 1.165) is 10.9 Å². The lowest BCUT2D eigenvalue weighted by molar-refractivity contribution is 0.634. The topological polar surface area (TPSA) is 85.8 Å². The molecule has 0 aliphatic carbocycles. The van der Waals surface area contributed by atoms with E-state index in [0.29, 0.717) is 39.0 Å². The molecule has 6 nitrogen and oxygen atoms in total.